The Labute approximate surface area is 175 Å². The number of phenolic OH excluding ortho intramolecular Hbond substituents is 1. The van der Waals surface area contributed by atoms with Crippen molar-refractivity contribution in [3.8, 4) is 11.5 Å². The molecular formula is C23H26N2O5. The number of hydrogen-bond acceptors (Lipinski definition) is 6. The van der Waals surface area contributed by atoms with Gasteiger partial charge in [-0.3, -0.25) is 9.59 Å². The number of likely N-dealkylation sites (N-methyl/N-ethyl adjacent to an activating group) is 1. The van der Waals surface area contributed by atoms with Crippen molar-refractivity contribution in [3.05, 3.63) is 64.7 Å². The quantitative estimate of drug-likeness (QED) is 0.432. The lowest BCUT2D eigenvalue weighted by Gasteiger charge is -2.26. The first-order chi connectivity index (χ1) is 14.2. The number of amides is 1. The molecule has 1 heterocycles. The van der Waals surface area contributed by atoms with Crippen molar-refractivity contribution in [3.63, 3.8) is 0 Å². The van der Waals surface area contributed by atoms with Crippen molar-refractivity contribution < 1.29 is 24.5 Å². The van der Waals surface area contributed by atoms with Crippen molar-refractivity contribution in [1.82, 2.24) is 9.80 Å². The number of carbonyl (C=O) groups excluding carboxylic acids is 2. The lowest BCUT2D eigenvalue weighted by Crippen LogP contribution is -2.35. The molecule has 158 valence electrons. The zero-order valence-corrected chi connectivity index (χ0v) is 17.5. The Morgan fingerprint density at radius 2 is 1.80 bits per heavy atom. The van der Waals surface area contributed by atoms with Gasteiger partial charge in [0.15, 0.2) is 0 Å². The van der Waals surface area contributed by atoms with E-state index in [2.05, 4.69) is 0 Å². The molecule has 0 saturated carbocycles. The Morgan fingerprint density at radius 3 is 2.37 bits per heavy atom. The molecule has 1 aliphatic rings. The number of rotatable bonds is 6. The first kappa shape index (κ1) is 21.4. The molecule has 30 heavy (non-hydrogen) atoms. The predicted molar refractivity (Wildman–Crippen MR) is 113 cm³/mol. The van der Waals surface area contributed by atoms with Crippen LogP contribution < -0.4 is 4.74 Å². The number of aromatic hydroxyl groups is 1. The lowest BCUT2D eigenvalue weighted by atomic mass is 9.94. The summed E-state index contributed by atoms with van der Waals surface area (Å²) in [6.45, 7) is 2.68. The lowest BCUT2D eigenvalue weighted by molar-refractivity contribution is -0.140. The van der Waals surface area contributed by atoms with E-state index < -0.39 is 17.7 Å². The summed E-state index contributed by atoms with van der Waals surface area (Å²) in [5.41, 5.74) is 1.86. The van der Waals surface area contributed by atoms with E-state index in [1.165, 1.54) is 17.0 Å². The number of phenols is 1. The fourth-order valence-electron chi connectivity index (χ4n) is 3.60. The summed E-state index contributed by atoms with van der Waals surface area (Å²) in [4.78, 5) is 29.2. The van der Waals surface area contributed by atoms with Gasteiger partial charge in [0.25, 0.3) is 11.7 Å². The summed E-state index contributed by atoms with van der Waals surface area (Å²) >= 11 is 0. The topological polar surface area (TPSA) is 90.3 Å². The van der Waals surface area contributed by atoms with E-state index in [-0.39, 0.29) is 17.1 Å². The van der Waals surface area contributed by atoms with Crippen molar-refractivity contribution in [1.29, 1.82) is 0 Å². The van der Waals surface area contributed by atoms with E-state index in [4.69, 9.17) is 4.74 Å². The van der Waals surface area contributed by atoms with Gasteiger partial charge in [-0.25, -0.2) is 0 Å². The molecule has 2 aromatic carbocycles. The molecule has 1 unspecified atom stereocenters. The molecule has 1 amide bonds. The van der Waals surface area contributed by atoms with Crippen molar-refractivity contribution in [2.75, 3.05) is 34.3 Å². The normalized spacial score (nSPS) is 18.3. The summed E-state index contributed by atoms with van der Waals surface area (Å²) in [5, 5.41) is 20.8. The molecule has 0 bridgehead atoms. The van der Waals surface area contributed by atoms with Gasteiger partial charge in [-0.05, 0) is 62.5 Å². The summed E-state index contributed by atoms with van der Waals surface area (Å²) in [5.74, 6) is -0.887. The SMILES string of the molecule is COc1ccc(/C(O)=C2\C(=O)C(=O)N(CCN(C)C)C2c2ccc(O)cc2)c(C)c1. The number of ketones is 1. The fourth-order valence-corrected chi connectivity index (χ4v) is 3.60. The number of aliphatic hydroxyl groups excluding tert-OH is 1. The number of benzene rings is 2. The maximum Gasteiger partial charge on any atom is 0.295 e. The summed E-state index contributed by atoms with van der Waals surface area (Å²) < 4.78 is 5.21. The number of carbonyl (C=O) groups is 2. The van der Waals surface area contributed by atoms with Gasteiger partial charge in [-0.2, -0.15) is 0 Å². The summed E-state index contributed by atoms with van der Waals surface area (Å²) in [6, 6.07) is 10.7. The van der Waals surface area contributed by atoms with Crippen LogP contribution in [0.4, 0.5) is 0 Å². The summed E-state index contributed by atoms with van der Waals surface area (Å²) in [7, 11) is 5.31. The van der Waals surface area contributed by atoms with Crippen LogP contribution in [0.5, 0.6) is 11.5 Å². The molecule has 3 rings (SSSR count). The first-order valence-electron chi connectivity index (χ1n) is 9.61. The van der Waals surface area contributed by atoms with E-state index in [0.29, 0.717) is 30.0 Å². The van der Waals surface area contributed by atoms with E-state index in [0.717, 1.165) is 5.56 Å². The van der Waals surface area contributed by atoms with Gasteiger partial charge in [0.1, 0.15) is 17.3 Å². The molecule has 1 atom stereocenters. The average Bonchev–Trinajstić information content (AvgIpc) is 2.96. The molecule has 0 aromatic heterocycles. The first-order valence-corrected chi connectivity index (χ1v) is 9.61. The van der Waals surface area contributed by atoms with Gasteiger partial charge in [0.05, 0.1) is 18.7 Å². The van der Waals surface area contributed by atoms with Crippen molar-refractivity contribution in [2.45, 2.75) is 13.0 Å². The molecule has 2 N–H and O–H groups in total. The number of Topliss-reactive ketones (excluding diaryl/α,β-unsaturated/α-hetero) is 1. The average molecular weight is 410 g/mol. The smallest absolute Gasteiger partial charge is 0.295 e. The van der Waals surface area contributed by atoms with Crippen LogP contribution in [0.1, 0.15) is 22.7 Å². The predicted octanol–water partition coefficient (Wildman–Crippen LogP) is 2.69. The Hall–Kier alpha value is -3.32. The Bertz CT molecular complexity index is 995. The minimum atomic E-state index is -0.743. The number of nitrogens with zero attached hydrogens (tertiary/aromatic N) is 2. The van der Waals surface area contributed by atoms with Crippen LogP contribution >= 0.6 is 0 Å². The van der Waals surface area contributed by atoms with Gasteiger partial charge in [0, 0.05) is 18.7 Å². The number of ether oxygens (including phenoxy) is 1. The molecule has 1 aliphatic heterocycles. The number of hydrogen-bond donors (Lipinski definition) is 2. The maximum atomic E-state index is 13.0. The van der Waals surface area contributed by atoms with Crippen LogP contribution in [0, 0.1) is 6.92 Å². The van der Waals surface area contributed by atoms with Crippen LogP contribution in [-0.2, 0) is 9.59 Å². The highest BCUT2D eigenvalue weighted by atomic mass is 16.5. The highest BCUT2D eigenvalue weighted by Crippen LogP contribution is 2.40. The van der Waals surface area contributed by atoms with Crippen molar-refractivity contribution >= 4 is 17.4 Å². The van der Waals surface area contributed by atoms with Crippen LogP contribution in [0.2, 0.25) is 0 Å². The second kappa shape index (κ2) is 8.59. The van der Waals surface area contributed by atoms with Gasteiger partial charge < -0.3 is 24.7 Å². The molecular weight excluding hydrogens is 384 g/mol. The van der Waals surface area contributed by atoms with Crippen LogP contribution in [-0.4, -0.2) is 66.0 Å². The zero-order valence-electron chi connectivity index (χ0n) is 17.5. The third kappa shape index (κ3) is 4.02. The minimum Gasteiger partial charge on any atom is -0.508 e. The Balaban J connectivity index is 2.16. The molecule has 0 spiro atoms. The number of aryl methyl sites for hydroxylation is 1. The second-order valence-electron chi connectivity index (χ2n) is 7.57. The molecule has 7 nitrogen and oxygen atoms in total. The molecule has 1 saturated heterocycles. The van der Waals surface area contributed by atoms with E-state index in [9.17, 15) is 19.8 Å². The van der Waals surface area contributed by atoms with E-state index in [1.54, 1.807) is 44.4 Å². The molecule has 7 heteroatoms. The van der Waals surface area contributed by atoms with Crippen LogP contribution in [0.15, 0.2) is 48.0 Å². The third-order valence-electron chi connectivity index (χ3n) is 5.23. The Morgan fingerprint density at radius 1 is 1.13 bits per heavy atom. The highest BCUT2D eigenvalue weighted by molar-refractivity contribution is 6.46. The highest BCUT2D eigenvalue weighted by Gasteiger charge is 2.46. The minimum absolute atomic E-state index is 0.0395. The Kier molecular flexibility index (Phi) is 6.12. The van der Waals surface area contributed by atoms with Gasteiger partial charge in [0.2, 0.25) is 0 Å². The van der Waals surface area contributed by atoms with E-state index >= 15 is 0 Å². The molecule has 0 radical (unpaired) electrons. The third-order valence-corrected chi connectivity index (χ3v) is 5.23. The fraction of sp³-hybridized carbons (Fsp3) is 0.304. The number of methoxy groups -OCH3 is 1. The number of aliphatic hydroxyl groups is 1. The van der Waals surface area contributed by atoms with Crippen LogP contribution in [0.25, 0.3) is 5.76 Å². The van der Waals surface area contributed by atoms with Crippen molar-refractivity contribution in [2.24, 2.45) is 0 Å². The molecule has 2 aromatic rings. The number of likely N-dealkylation sites (tertiary alicyclic amines) is 1. The van der Waals surface area contributed by atoms with Gasteiger partial charge >= 0.3 is 0 Å². The standard InChI is InChI=1S/C23H26N2O5/c1-14-13-17(30-4)9-10-18(14)21(27)19-20(15-5-7-16(26)8-6-15)25(12-11-24(2)3)23(29)22(19)28/h5-10,13,20,26-27H,11-12H2,1-4H3/b21-19+. The maximum absolute atomic E-state index is 13.0. The largest absolute Gasteiger partial charge is 0.508 e. The monoisotopic (exact) mass is 410 g/mol. The van der Waals surface area contributed by atoms with Crippen LogP contribution in [0.3, 0.4) is 0 Å². The van der Waals surface area contributed by atoms with E-state index in [1.807, 2.05) is 19.0 Å². The van der Waals surface area contributed by atoms with Gasteiger partial charge in [-0.15, -0.1) is 0 Å². The second-order valence-corrected chi connectivity index (χ2v) is 7.57. The zero-order chi connectivity index (χ0) is 22.0. The molecule has 1 fully saturated rings. The van der Waals surface area contributed by atoms with Gasteiger partial charge in [-0.1, -0.05) is 12.1 Å². The molecule has 0 aliphatic carbocycles. The summed E-state index contributed by atoms with van der Waals surface area (Å²) in [6.07, 6.45) is 0.